The van der Waals surface area contributed by atoms with Gasteiger partial charge in [-0.15, -0.1) is 5.92 Å². The fourth-order valence-corrected chi connectivity index (χ4v) is 5.60. The molecule has 13 nitrogen and oxygen atoms in total. The average molecular weight is 473 g/mol. The molecular formula is C13H18NO12P3. The van der Waals surface area contributed by atoms with Crippen molar-refractivity contribution in [3.8, 4) is 11.8 Å². The Balaban J connectivity index is 1.95. The molecule has 0 radical (unpaired) electrons. The van der Waals surface area contributed by atoms with Crippen LogP contribution >= 0.6 is 23.5 Å². The van der Waals surface area contributed by atoms with Crippen LogP contribution < -0.4 is 0 Å². The third-order valence-corrected chi connectivity index (χ3v) is 7.31. The predicted octanol–water partition coefficient (Wildman–Crippen LogP) is 1.69. The number of hydrogen-bond donors (Lipinski definition) is 4. The van der Waals surface area contributed by atoms with Gasteiger partial charge in [0.05, 0.1) is 18.4 Å². The summed E-state index contributed by atoms with van der Waals surface area (Å²) >= 11 is 0. The maximum Gasteiger partial charge on any atom is 0.490 e. The van der Waals surface area contributed by atoms with Gasteiger partial charge in [0.2, 0.25) is 0 Å². The first-order chi connectivity index (χ1) is 13.3. The van der Waals surface area contributed by atoms with E-state index in [2.05, 4.69) is 25.0 Å². The lowest BCUT2D eigenvalue weighted by molar-refractivity contribution is -0.0225. The van der Waals surface area contributed by atoms with E-state index in [-0.39, 0.29) is 0 Å². The monoisotopic (exact) mass is 473 g/mol. The van der Waals surface area contributed by atoms with Crippen molar-refractivity contribution in [3.63, 3.8) is 0 Å². The molecule has 0 amide bonds. The molecule has 1 aromatic heterocycles. The first-order valence-electron chi connectivity index (χ1n) is 7.88. The zero-order chi connectivity index (χ0) is 21.9. The molecule has 2 rings (SSSR count). The topological polar surface area (TPSA) is 191 Å². The number of aromatic nitrogens is 1. The predicted molar refractivity (Wildman–Crippen MR) is 95.3 cm³/mol. The van der Waals surface area contributed by atoms with Crippen LogP contribution in [0.15, 0.2) is 12.3 Å². The van der Waals surface area contributed by atoms with Crippen molar-refractivity contribution in [1.29, 1.82) is 0 Å². The minimum absolute atomic E-state index is 0.321. The van der Waals surface area contributed by atoms with Gasteiger partial charge in [-0.2, -0.15) is 8.62 Å². The number of phosphoric acid groups is 3. The molecular weight excluding hydrogens is 455 g/mol. The average Bonchev–Trinajstić information content (AvgIpc) is 3.16. The molecule has 162 valence electrons. The number of carbonyl (C=O) groups excluding carboxylic acids is 1. The SMILES string of the molecule is CC#Cc1cc(C=O)n([C@H]2CC[C@@H](COP(=O)(O)OP(=O)(O)OP(=O)(O)O)O2)c1. The fourth-order valence-electron chi connectivity index (χ4n) is 2.55. The van der Waals surface area contributed by atoms with E-state index in [1.807, 2.05) is 0 Å². The van der Waals surface area contributed by atoms with E-state index in [1.165, 1.54) is 0 Å². The van der Waals surface area contributed by atoms with E-state index in [4.69, 9.17) is 19.4 Å². The Bertz CT molecular complexity index is 956. The van der Waals surface area contributed by atoms with Crippen LogP contribution in [0.3, 0.4) is 0 Å². The molecule has 4 N–H and O–H groups in total. The van der Waals surface area contributed by atoms with Gasteiger partial charge < -0.3 is 28.9 Å². The van der Waals surface area contributed by atoms with Crippen molar-refractivity contribution in [2.75, 3.05) is 6.61 Å². The van der Waals surface area contributed by atoms with E-state index in [0.717, 1.165) is 0 Å². The van der Waals surface area contributed by atoms with Crippen LogP contribution in [0.1, 0.15) is 42.0 Å². The summed E-state index contributed by atoms with van der Waals surface area (Å²) in [6.07, 6.45) is 1.73. The Morgan fingerprint density at radius 1 is 1.21 bits per heavy atom. The summed E-state index contributed by atoms with van der Waals surface area (Å²) in [5.74, 6) is 5.51. The normalized spacial score (nSPS) is 23.6. The van der Waals surface area contributed by atoms with E-state index < -0.39 is 42.4 Å². The summed E-state index contributed by atoms with van der Waals surface area (Å²) in [4.78, 5) is 46.7. The molecule has 1 fully saturated rings. The fraction of sp³-hybridized carbons (Fsp3) is 0.462. The Morgan fingerprint density at radius 3 is 2.48 bits per heavy atom. The van der Waals surface area contributed by atoms with Crippen molar-refractivity contribution in [2.24, 2.45) is 0 Å². The van der Waals surface area contributed by atoms with Gasteiger partial charge in [-0.25, -0.2) is 13.7 Å². The summed E-state index contributed by atoms with van der Waals surface area (Å²) in [6, 6.07) is 1.58. The molecule has 2 unspecified atom stereocenters. The zero-order valence-corrected chi connectivity index (χ0v) is 17.5. The molecule has 29 heavy (non-hydrogen) atoms. The van der Waals surface area contributed by atoms with Gasteiger partial charge in [0, 0.05) is 11.8 Å². The summed E-state index contributed by atoms with van der Waals surface area (Å²) in [5.41, 5.74) is 0.927. The third kappa shape index (κ3) is 7.57. The molecule has 1 aliphatic rings. The first-order valence-corrected chi connectivity index (χ1v) is 12.4. The highest BCUT2D eigenvalue weighted by atomic mass is 31.3. The number of rotatable bonds is 9. The van der Waals surface area contributed by atoms with Gasteiger partial charge in [-0.3, -0.25) is 9.32 Å². The van der Waals surface area contributed by atoms with Crippen LogP contribution in [0.5, 0.6) is 0 Å². The van der Waals surface area contributed by atoms with Crippen molar-refractivity contribution in [1.82, 2.24) is 4.57 Å². The molecule has 1 aliphatic heterocycles. The standard InChI is InChI=1S/C13H18NO12P3/c1-2-3-10-6-11(8-15)14(7-10)13-5-4-12(24-13)9-23-28(19,20)26-29(21,22)25-27(16,17)18/h6-8,12-13H,4-5,9H2,1H3,(H,19,20)(H,21,22)(H2,16,17,18)/t12-,13+/m0/s1. The Hall–Kier alpha value is -1.12. The van der Waals surface area contributed by atoms with Crippen molar-refractivity contribution in [2.45, 2.75) is 32.1 Å². The van der Waals surface area contributed by atoms with Crippen molar-refractivity contribution < 1.29 is 55.9 Å². The van der Waals surface area contributed by atoms with Gasteiger partial charge in [0.25, 0.3) is 0 Å². The quantitative estimate of drug-likeness (QED) is 0.231. The van der Waals surface area contributed by atoms with Crippen molar-refractivity contribution in [3.05, 3.63) is 23.5 Å². The van der Waals surface area contributed by atoms with E-state index in [0.29, 0.717) is 30.4 Å². The molecule has 1 aromatic rings. The van der Waals surface area contributed by atoms with E-state index in [9.17, 15) is 23.4 Å². The summed E-state index contributed by atoms with van der Waals surface area (Å²) < 4.78 is 52.6. The third-order valence-electron chi connectivity index (χ3n) is 3.50. The van der Waals surface area contributed by atoms with Crippen LogP contribution in [0.25, 0.3) is 0 Å². The number of phosphoric ester groups is 1. The second-order valence-electron chi connectivity index (χ2n) is 5.73. The van der Waals surface area contributed by atoms with Crippen LogP contribution in [0.4, 0.5) is 0 Å². The summed E-state index contributed by atoms with van der Waals surface area (Å²) in [7, 11) is -16.2. The zero-order valence-electron chi connectivity index (χ0n) is 14.9. The second-order valence-corrected chi connectivity index (χ2v) is 10.2. The van der Waals surface area contributed by atoms with Gasteiger partial charge in [-0.05, 0) is 25.8 Å². The molecule has 0 aromatic carbocycles. The number of aldehydes is 1. The molecule has 2 heterocycles. The molecule has 0 bridgehead atoms. The molecule has 1 saturated heterocycles. The van der Waals surface area contributed by atoms with E-state index >= 15 is 0 Å². The Labute approximate surface area is 165 Å². The maximum atomic E-state index is 11.7. The van der Waals surface area contributed by atoms with Gasteiger partial charge in [0.15, 0.2) is 6.29 Å². The Kier molecular flexibility index (Phi) is 7.79. The number of nitrogens with zero attached hydrogens (tertiary/aromatic N) is 1. The first kappa shape index (κ1) is 24.2. The molecule has 16 heteroatoms. The molecule has 0 spiro atoms. The summed E-state index contributed by atoms with van der Waals surface area (Å²) in [6.45, 7) is 1.10. The largest absolute Gasteiger partial charge is 0.490 e. The molecule has 0 aliphatic carbocycles. The summed E-state index contributed by atoms with van der Waals surface area (Å²) in [5, 5.41) is 0. The van der Waals surface area contributed by atoms with Crippen LogP contribution in [0.2, 0.25) is 0 Å². The van der Waals surface area contributed by atoms with Crippen molar-refractivity contribution >= 4 is 29.8 Å². The number of hydrogen-bond acceptors (Lipinski definition) is 8. The van der Waals surface area contributed by atoms with Crippen LogP contribution in [-0.2, 0) is 31.6 Å². The number of carbonyl (C=O) groups is 1. The highest BCUT2D eigenvalue weighted by Gasteiger charge is 2.41. The maximum absolute atomic E-state index is 11.7. The molecule has 0 saturated carbocycles. The van der Waals surface area contributed by atoms with Crippen LogP contribution in [0, 0.1) is 11.8 Å². The minimum Gasteiger partial charge on any atom is -0.352 e. The highest BCUT2D eigenvalue weighted by Crippen LogP contribution is 2.66. The van der Waals surface area contributed by atoms with Gasteiger partial charge >= 0.3 is 23.5 Å². The van der Waals surface area contributed by atoms with Gasteiger partial charge in [0.1, 0.15) is 6.23 Å². The van der Waals surface area contributed by atoms with E-state index in [1.54, 1.807) is 23.8 Å². The second kappa shape index (κ2) is 9.35. The van der Waals surface area contributed by atoms with Gasteiger partial charge in [-0.1, -0.05) is 5.92 Å². The molecule has 4 atom stereocenters. The lowest BCUT2D eigenvalue weighted by atomic mass is 10.2. The lowest BCUT2D eigenvalue weighted by Crippen LogP contribution is -2.17. The lowest BCUT2D eigenvalue weighted by Gasteiger charge is -2.19. The minimum atomic E-state index is -5.57. The smallest absolute Gasteiger partial charge is 0.352 e. The van der Waals surface area contributed by atoms with Crippen LogP contribution in [-0.4, -0.2) is 43.1 Å². The Morgan fingerprint density at radius 2 is 1.90 bits per heavy atom. The highest BCUT2D eigenvalue weighted by molar-refractivity contribution is 7.66. The number of ether oxygens (including phenoxy) is 1.